The fourth-order valence-corrected chi connectivity index (χ4v) is 6.77. The van der Waals surface area contributed by atoms with Gasteiger partial charge in [-0.3, -0.25) is 4.55 Å². The second-order valence-electron chi connectivity index (χ2n) is 4.94. The molecule has 3 nitrogen and oxygen atoms in total. The Morgan fingerprint density at radius 3 is 1.60 bits per heavy atom. The van der Waals surface area contributed by atoms with E-state index in [0.29, 0.717) is 6.55 Å². The van der Waals surface area contributed by atoms with E-state index in [0.717, 1.165) is 0 Å². The van der Waals surface area contributed by atoms with Crippen LogP contribution in [0.15, 0.2) is 0 Å². The van der Waals surface area contributed by atoms with Gasteiger partial charge in [0.1, 0.15) is 0 Å². The molecule has 0 aliphatic heterocycles. The molecule has 0 spiro atoms. The molecule has 1 atom stereocenters. The summed E-state index contributed by atoms with van der Waals surface area (Å²) in [7, 11) is -9.80. The van der Waals surface area contributed by atoms with Gasteiger partial charge in [-0.1, -0.05) is 20.8 Å². The lowest BCUT2D eigenvalue weighted by Gasteiger charge is -2.31. The molecule has 1 unspecified atom stereocenters. The van der Waals surface area contributed by atoms with Crippen LogP contribution in [0.25, 0.3) is 0 Å². The summed E-state index contributed by atoms with van der Waals surface area (Å²) >= 11 is 0. The molecule has 0 bridgehead atoms. The maximum absolute atomic E-state index is 12.7. The van der Waals surface area contributed by atoms with Gasteiger partial charge in [-0.2, -0.15) is 13.2 Å². The topological polar surface area (TPSA) is 54.4 Å². The van der Waals surface area contributed by atoms with Crippen molar-refractivity contribution >= 4 is 16.8 Å². The number of halogens is 3. The fraction of sp³-hybridized carbons (Fsp3) is 1.00. The normalized spacial score (nSPS) is 18.7. The minimum absolute atomic E-state index is 0.553. The first-order valence-corrected chi connectivity index (χ1v) is 9.12. The number of hydrogen-bond donors (Lipinski definition) is 1. The molecule has 0 rings (SSSR count). The first kappa shape index (κ1) is 14.9. The minimum atomic E-state index is -5.04. The summed E-state index contributed by atoms with van der Waals surface area (Å²) < 4.78 is 68.5. The molecule has 0 heterocycles. The highest BCUT2D eigenvalue weighted by molar-refractivity contribution is 8.18. The average molecular weight is 264 g/mol. The smallest absolute Gasteiger partial charge is 0.291 e. The Bertz CT molecular complexity index is 330. The Kier molecular flexibility index (Phi) is 3.72. The lowest BCUT2D eigenvalue weighted by molar-refractivity contribution is -0.0547. The van der Waals surface area contributed by atoms with Gasteiger partial charge >= 0.3 is 13.0 Å². The lowest BCUT2D eigenvalue weighted by Crippen LogP contribution is -2.56. The van der Waals surface area contributed by atoms with E-state index in [4.69, 9.17) is 4.55 Å². The van der Waals surface area contributed by atoms with Crippen LogP contribution in [-0.2, 0) is 9.57 Å². The van der Waals surface area contributed by atoms with E-state index < -0.39 is 34.0 Å². The number of hydrogen-bond acceptors (Lipinski definition) is 2. The van der Waals surface area contributed by atoms with Gasteiger partial charge in [-0.25, -0.2) is 8.42 Å². The SMILES string of the molecule is CC(C)(C)C[Si](C)(C(F)(F)F)S(=O)(=O)O. The van der Waals surface area contributed by atoms with Gasteiger partial charge in [0.15, 0.2) is 0 Å². The highest BCUT2D eigenvalue weighted by Crippen LogP contribution is 2.41. The van der Waals surface area contributed by atoms with Crippen LogP contribution in [-0.4, -0.2) is 26.0 Å². The molecule has 15 heavy (non-hydrogen) atoms. The van der Waals surface area contributed by atoms with Crippen molar-refractivity contribution in [3.8, 4) is 0 Å². The molecule has 8 heteroatoms. The first-order chi connectivity index (χ1) is 6.21. The third-order valence-corrected chi connectivity index (χ3v) is 10.7. The van der Waals surface area contributed by atoms with Crippen molar-refractivity contribution in [2.75, 3.05) is 0 Å². The van der Waals surface area contributed by atoms with E-state index in [2.05, 4.69) is 0 Å². The molecule has 0 aliphatic carbocycles. The highest BCUT2D eigenvalue weighted by Gasteiger charge is 2.64. The third-order valence-electron chi connectivity index (χ3n) is 2.04. The molecule has 1 N–H and O–H groups in total. The molecule has 0 aliphatic rings. The average Bonchev–Trinajstić information content (AvgIpc) is 1.77. The maximum Gasteiger partial charge on any atom is 0.380 e. The van der Waals surface area contributed by atoms with Crippen molar-refractivity contribution in [2.45, 2.75) is 39.2 Å². The standard InChI is InChI=1S/C7H15F3O3SSi/c1-6(2,3)5-15(4,7(8,9)10)14(11,12)13/h5H2,1-4H3,(H,11,12,13). The summed E-state index contributed by atoms with van der Waals surface area (Å²) in [5.41, 5.74) is -0.799. The van der Waals surface area contributed by atoms with E-state index in [1.165, 1.54) is 20.8 Å². The Labute approximate surface area is 88.1 Å². The van der Waals surface area contributed by atoms with Gasteiger partial charge in [-0.15, -0.1) is 0 Å². The van der Waals surface area contributed by atoms with Crippen LogP contribution in [0.4, 0.5) is 13.2 Å². The van der Waals surface area contributed by atoms with Crippen molar-refractivity contribution in [1.82, 2.24) is 0 Å². The zero-order valence-electron chi connectivity index (χ0n) is 9.01. The molecule has 92 valence electrons. The molecule has 0 aromatic rings. The highest BCUT2D eigenvalue weighted by atomic mass is 32.4. The quantitative estimate of drug-likeness (QED) is 0.616. The molecular weight excluding hydrogens is 249 g/mol. The van der Waals surface area contributed by atoms with E-state index >= 15 is 0 Å². The van der Waals surface area contributed by atoms with Crippen LogP contribution in [0.2, 0.25) is 12.6 Å². The molecule has 0 aromatic carbocycles. The van der Waals surface area contributed by atoms with Crippen molar-refractivity contribution in [3.05, 3.63) is 0 Å². The second-order valence-corrected chi connectivity index (χ2v) is 13.5. The second kappa shape index (κ2) is 3.74. The van der Waals surface area contributed by atoms with E-state index in [1.807, 2.05) is 0 Å². The maximum atomic E-state index is 12.7. The molecule has 0 fully saturated rings. The molecule has 0 radical (unpaired) electrons. The van der Waals surface area contributed by atoms with E-state index in [-0.39, 0.29) is 0 Å². The Balaban J connectivity index is 5.46. The van der Waals surface area contributed by atoms with Crippen LogP contribution in [0.5, 0.6) is 0 Å². The Hall–Kier alpha value is -0.0831. The van der Waals surface area contributed by atoms with Crippen LogP contribution in [0, 0.1) is 5.41 Å². The largest absolute Gasteiger partial charge is 0.380 e. The summed E-state index contributed by atoms with van der Waals surface area (Å²) in [5.74, 6) is -4.85. The van der Waals surface area contributed by atoms with Gasteiger partial charge in [-0.05, 0) is 18.0 Å². The van der Waals surface area contributed by atoms with Crippen molar-refractivity contribution in [2.24, 2.45) is 5.41 Å². The predicted octanol–water partition coefficient (Wildman–Crippen LogP) is 2.60. The van der Waals surface area contributed by atoms with Crippen molar-refractivity contribution in [1.29, 1.82) is 0 Å². The molecule has 0 aromatic heterocycles. The van der Waals surface area contributed by atoms with Gasteiger partial charge < -0.3 is 0 Å². The summed E-state index contributed by atoms with van der Waals surface area (Å²) in [6.07, 6.45) is 0. The molecular formula is C7H15F3O3SSi. The monoisotopic (exact) mass is 264 g/mol. The number of rotatable bonds is 2. The zero-order chi connectivity index (χ0) is 12.7. The van der Waals surface area contributed by atoms with Gasteiger partial charge in [0.2, 0.25) is 9.57 Å². The fourth-order valence-electron chi connectivity index (χ4n) is 1.35. The molecule has 0 amide bonds. The summed E-state index contributed by atoms with van der Waals surface area (Å²) in [6, 6.07) is -0.553. The zero-order valence-corrected chi connectivity index (χ0v) is 10.8. The Morgan fingerprint density at radius 2 is 1.53 bits per heavy atom. The van der Waals surface area contributed by atoms with Gasteiger partial charge in [0.05, 0.1) is 0 Å². The lowest BCUT2D eigenvalue weighted by atomic mass is 10.0. The van der Waals surface area contributed by atoms with E-state index in [9.17, 15) is 21.6 Å². The summed E-state index contributed by atoms with van der Waals surface area (Å²) in [6.45, 7) is 5.16. The van der Waals surface area contributed by atoms with Gasteiger partial charge in [0.25, 0.3) is 0 Å². The minimum Gasteiger partial charge on any atom is -0.291 e. The number of alkyl halides is 3. The predicted molar refractivity (Wildman–Crippen MR) is 53.5 cm³/mol. The Morgan fingerprint density at radius 1 is 1.20 bits per heavy atom. The van der Waals surface area contributed by atoms with Crippen molar-refractivity contribution < 1.29 is 26.1 Å². The van der Waals surface area contributed by atoms with Gasteiger partial charge in [0, 0.05) is 0 Å². The first-order valence-electron chi connectivity index (χ1n) is 4.24. The van der Waals surface area contributed by atoms with Crippen LogP contribution >= 0.6 is 0 Å². The van der Waals surface area contributed by atoms with Crippen molar-refractivity contribution in [3.63, 3.8) is 0 Å². The van der Waals surface area contributed by atoms with Crippen LogP contribution in [0.1, 0.15) is 20.8 Å². The van der Waals surface area contributed by atoms with E-state index in [1.54, 1.807) is 0 Å². The van der Waals surface area contributed by atoms with Crippen LogP contribution in [0.3, 0.4) is 0 Å². The molecule has 0 saturated carbocycles. The molecule has 0 saturated heterocycles. The summed E-state index contributed by atoms with van der Waals surface area (Å²) in [4.78, 5) is 0. The van der Waals surface area contributed by atoms with Crippen LogP contribution < -0.4 is 0 Å². The third kappa shape index (κ3) is 3.46. The summed E-state index contributed by atoms with van der Waals surface area (Å²) in [5, 5.41) is 0.